The van der Waals surface area contributed by atoms with Gasteiger partial charge in [-0.1, -0.05) is 19.3 Å². The number of methoxy groups -OCH3 is 1. The number of hydrogen-bond donors (Lipinski definition) is 2. The Labute approximate surface area is 124 Å². The average molecular weight is 310 g/mol. The van der Waals surface area contributed by atoms with Gasteiger partial charge in [-0.15, -0.1) is 6.42 Å². The summed E-state index contributed by atoms with van der Waals surface area (Å²) in [6.45, 7) is 1.89. The second-order valence-corrected chi connectivity index (χ2v) is 6.06. The lowest BCUT2D eigenvalue weighted by atomic mass is 10.2. The van der Waals surface area contributed by atoms with Crippen LogP contribution in [0, 0.1) is 12.3 Å². The maximum absolute atomic E-state index is 12.4. The topological polar surface area (TPSA) is 98.5 Å². The quantitative estimate of drug-likeness (QED) is 0.466. The second kappa shape index (κ2) is 7.11. The second-order valence-electron chi connectivity index (χ2n) is 4.38. The van der Waals surface area contributed by atoms with E-state index in [1.165, 1.54) is 18.2 Å². The Morgan fingerprint density at radius 2 is 2.19 bits per heavy atom. The highest BCUT2D eigenvalue weighted by molar-refractivity contribution is 7.89. The zero-order chi connectivity index (χ0) is 16.0. The lowest BCUT2D eigenvalue weighted by molar-refractivity contribution is 0.0596. The molecule has 0 heterocycles. The number of rotatable bonds is 6. The van der Waals surface area contributed by atoms with Crippen molar-refractivity contribution in [2.24, 2.45) is 0 Å². The molecule has 1 aromatic rings. The molecule has 1 aromatic carbocycles. The molecule has 7 heteroatoms. The molecule has 0 saturated heterocycles. The van der Waals surface area contributed by atoms with Crippen molar-refractivity contribution in [3.05, 3.63) is 23.8 Å². The number of ether oxygens (including phenoxy) is 1. The van der Waals surface area contributed by atoms with Crippen molar-refractivity contribution in [1.29, 1.82) is 0 Å². The molecular formula is C14H18N2O4S. The molecule has 21 heavy (non-hydrogen) atoms. The molecule has 0 aliphatic carbocycles. The van der Waals surface area contributed by atoms with Gasteiger partial charge in [0.15, 0.2) is 0 Å². The fourth-order valence-electron chi connectivity index (χ4n) is 1.77. The fourth-order valence-corrected chi connectivity index (χ4v) is 3.13. The van der Waals surface area contributed by atoms with Crippen molar-refractivity contribution in [2.45, 2.75) is 30.7 Å². The van der Waals surface area contributed by atoms with E-state index in [0.717, 1.165) is 13.5 Å². The third-order valence-electron chi connectivity index (χ3n) is 2.77. The van der Waals surface area contributed by atoms with Gasteiger partial charge in [0.05, 0.1) is 23.6 Å². The molecule has 0 aliphatic heterocycles. The van der Waals surface area contributed by atoms with E-state index in [-0.39, 0.29) is 16.1 Å². The summed E-state index contributed by atoms with van der Waals surface area (Å²) in [6, 6.07) is 3.27. The number of nitrogen functional groups attached to an aromatic ring is 1. The van der Waals surface area contributed by atoms with Crippen molar-refractivity contribution >= 4 is 21.7 Å². The minimum Gasteiger partial charge on any atom is -0.465 e. The van der Waals surface area contributed by atoms with E-state index in [1.54, 1.807) is 0 Å². The van der Waals surface area contributed by atoms with Crippen LogP contribution in [0.5, 0.6) is 0 Å². The maximum atomic E-state index is 12.4. The molecule has 1 rings (SSSR count). The van der Waals surface area contributed by atoms with Gasteiger partial charge in [-0.3, -0.25) is 0 Å². The molecule has 0 bridgehead atoms. The fraction of sp³-hybridized carbons (Fsp3) is 0.357. The number of carbonyl (C=O) groups excluding carboxylic acids is 1. The van der Waals surface area contributed by atoms with Gasteiger partial charge in [-0.05, 0) is 24.6 Å². The first kappa shape index (κ1) is 17.0. The smallest absolute Gasteiger partial charge is 0.339 e. The molecule has 1 unspecified atom stereocenters. The molecule has 0 saturated carbocycles. The summed E-state index contributed by atoms with van der Waals surface area (Å²) in [4.78, 5) is 11.5. The molecule has 1 atom stereocenters. The SMILES string of the molecule is C#CC(CCC)NS(=O)(=O)c1ccc(N)cc1C(=O)OC. The van der Waals surface area contributed by atoms with Crippen molar-refractivity contribution in [3.63, 3.8) is 0 Å². The van der Waals surface area contributed by atoms with E-state index >= 15 is 0 Å². The highest BCUT2D eigenvalue weighted by Gasteiger charge is 2.25. The van der Waals surface area contributed by atoms with Gasteiger partial charge in [0.1, 0.15) is 0 Å². The number of nitrogens with two attached hydrogens (primary N) is 1. The summed E-state index contributed by atoms with van der Waals surface area (Å²) >= 11 is 0. The van der Waals surface area contributed by atoms with Crippen molar-refractivity contribution in [1.82, 2.24) is 4.72 Å². The molecule has 3 N–H and O–H groups in total. The first-order valence-electron chi connectivity index (χ1n) is 6.32. The van der Waals surface area contributed by atoms with Crippen LogP contribution in [0.2, 0.25) is 0 Å². The van der Waals surface area contributed by atoms with Gasteiger partial charge >= 0.3 is 5.97 Å². The van der Waals surface area contributed by atoms with E-state index in [4.69, 9.17) is 12.2 Å². The van der Waals surface area contributed by atoms with Crippen LogP contribution in [0.4, 0.5) is 5.69 Å². The number of nitrogens with one attached hydrogen (secondary N) is 1. The first-order chi connectivity index (χ1) is 9.85. The predicted octanol–water partition coefficient (Wildman–Crippen LogP) is 1.14. The monoisotopic (exact) mass is 310 g/mol. The zero-order valence-corrected chi connectivity index (χ0v) is 12.7. The largest absolute Gasteiger partial charge is 0.465 e. The molecule has 0 amide bonds. The first-order valence-corrected chi connectivity index (χ1v) is 7.80. The van der Waals surface area contributed by atoms with Crippen molar-refractivity contribution in [2.75, 3.05) is 12.8 Å². The van der Waals surface area contributed by atoms with Gasteiger partial charge in [-0.2, -0.15) is 4.72 Å². The van der Waals surface area contributed by atoms with Crippen LogP contribution < -0.4 is 10.5 Å². The Balaban J connectivity index is 3.26. The Morgan fingerprint density at radius 1 is 1.52 bits per heavy atom. The van der Waals surface area contributed by atoms with Crippen LogP contribution in [-0.2, 0) is 14.8 Å². The summed E-state index contributed by atoms with van der Waals surface area (Å²) < 4.78 is 31.7. The van der Waals surface area contributed by atoms with Gasteiger partial charge in [0.25, 0.3) is 0 Å². The van der Waals surface area contributed by atoms with Gasteiger partial charge in [0, 0.05) is 5.69 Å². The zero-order valence-electron chi connectivity index (χ0n) is 11.9. The summed E-state index contributed by atoms with van der Waals surface area (Å²) in [7, 11) is -2.78. The molecule has 0 spiro atoms. The number of anilines is 1. The molecule has 6 nitrogen and oxygen atoms in total. The van der Waals surface area contributed by atoms with Crippen LogP contribution >= 0.6 is 0 Å². The summed E-state index contributed by atoms with van der Waals surface area (Å²) in [5.74, 6) is 1.59. The van der Waals surface area contributed by atoms with E-state index in [0.29, 0.717) is 6.42 Å². The maximum Gasteiger partial charge on any atom is 0.339 e. The molecule has 0 fully saturated rings. The predicted molar refractivity (Wildman–Crippen MR) is 80.0 cm³/mol. The van der Waals surface area contributed by atoms with Crippen molar-refractivity contribution < 1.29 is 17.9 Å². The lowest BCUT2D eigenvalue weighted by Gasteiger charge is -2.15. The van der Waals surface area contributed by atoms with Gasteiger partial charge < -0.3 is 10.5 Å². The number of hydrogen-bond acceptors (Lipinski definition) is 5. The molecule has 0 aromatic heterocycles. The van der Waals surface area contributed by atoms with Gasteiger partial charge in [0.2, 0.25) is 10.0 Å². The number of terminal acetylenes is 1. The van der Waals surface area contributed by atoms with E-state index in [2.05, 4.69) is 15.4 Å². The third-order valence-corrected chi connectivity index (χ3v) is 4.30. The molecular weight excluding hydrogens is 292 g/mol. The van der Waals surface area contributed by atoms with Crippen molar-refractivity contribution in [3.8, 4) is 12.3 Å². The van der Waals surface area contributed by atoms with Crippen LogP contribution in [0.15, 0.2) is 23.1 Å². The Bertz CT molecular complexity index is 662. The normalized spacial score (nSPS) is 12.4. The Kier molecular flexibility index (Phi) is 5.76. The Morgan fingerprint density at radius 3 is 2.71 bits per heavy atom. The van der Waals surface area contributed by atoms with Crippen LogP contribution in [0.3, 0.4) is 0 Å². The number of esters is 1. The summed E-state index contributed by atoms with van der Waals surface area (Å²) in [6.07, 6.45) is 6.53. The van der Waals surface area contributed by atoms with E-state index < -0.39 is 22.0 Å². The lowest BCUT2D eigenvalue weighted by Crippen LogP contribution is -2.34. The highest BCUT2D eigenvalue weighted by Crippen LogP contribution is 2.20. The van der Waals surface area contributed by atoms with Crippen LogP contribution in [0.1, 0.15) is 30.1 Å². The number of sulfonamides is 1. The molecule has 0 aliphatic rings. The van der Waals surface area contributed by atoms with Crippen LogP contribution in [0.25, 0.3) is 0 Å². The number of benzene rings is 1. The molecule has 114 valence electrons. The third kappa shape index (κ3) is 4.21. The Hall–Kier alpha value is -2.04. The van der Waals surface area contributed by atoms with Crippen LogP contribution in [-0.4, -0.2) is 27.5 Å². The summed E-state index contributed by atoms with van der Waals surface area (Å²) in [5.41, 5.74) is 5.72. The van der Waals surface area contributed by atoms with E-state index in [9.17, 15) is 13.2 Å². The number of carbonyl (C=O) groups is 1. The minimum atomic E-state index is -3.95. The summed E-state index contributed by atoms with van der Waals surface area (Å²) in [5, 5.41) is 0. The highest BCUT2D eigenvalue weighted by atomic mass is 32.2. The standard InChI is InChI=1S/C14H18N2O4S/c1-4-6-11(5-2)16-21(18,19)13-8-7-10(15)9-12(13)14(17)20-3/h2,7-9,11,16H,4,6,15H2,1,3H3. The average Bonchev–Trinajstić information content (AvgIpc) is 2.45. The molecule has 0 radical (unpaired) electrons. The minimum absolute atomic E-state index is 0.128. The van der Waals surface area contributed by atoms with E-state index in [1.807, 2.05) is 6.92 Å². The van der Waals surface area contributed by atoms with Gasteiger partial charge in [-0.25, -0.2) is 13.2 Å².